The molecule has 1 heterocycles. The van der Waals surface area contributed by atoms with Gasteiger partial charge in [0, 0.05) is 17.3 Å². The highest BCUT2D eigenvalue weighted by Gasteiger charge is 2.28. The Morgan fingerprint density at radius 3 is 2.37 bits per heavy atom. The molecule has 1 aromatic carbocycles. The molecule has 0 bridgehead atoms. The predicted molar refractivity (Wildman–Crippen MR) is 67.8 cm³/mol. The van der Waals surface area contributed by atoms with Gasteiger partial charge in [-0.3, -0.25) is 10.1 Å². The van der Waals surface area contributed by atoms with Gasteiger partial charge in [0.15, 0.2) is 0 Å². The molecule has 0 aliphatic carbocycles. The molecule has 6 nitrogen and oxygen atoms in total. The molecule has 0 fully saturated rings. The van der Waals surface area contributed by atoms with Gasteiger partial charge < -0.3 is 0 Å². The maximum Gasteiger partial charge on any atom is 0.306 e. The Kier molecular flexibility index (Phi) is 3.50. The van der Waals surface area contributed by atoms with Crippen LogP contribution in [0.2, 0.25) is 5.02 Å². The van der Waals surface area contributed by atoms with Crippen molar-refractivity contribution < 1.29 is 13.3 Å². The third kappa shape index (κ3) is 2.56. The minimum absolute atomic E-state index is 0.0984. The first-order valence-electron chi connectivity index (χ1n) is 5.03. The molecule has 0 aliphatic heterocycles. The summed E-state index contributed by atoms with van der Waals surface area (Å²) in [7, 11) is -4.04. The number of nitrogens with zero attached hydrogens (tertiary/aromatic N) is 2. The first-order chi connectivity index (χ1) is 8.93. The molecule has 0 amide bonds. The minimum atomic E-state index is -4.04. The van der Waals surface area contributed by atoms with E-state index >= 15 is 0 Å². The second-order valence-electron chi connectivity index (χ2n) is 3.54. The molecule has 1 aromatic heterocycles. The van der Waals surface area contributed by atoms with Crippen LogP contribution in [0.15, 0.2) is 52.5 Å². The Morgan fingerprint density at radius 2 is 1.79 bits per heavy atom. The zero-order chi connectivity index (χ0) is 14.0. The van der Waals surface area contributed by atoms with E-state index in [-0.39, 0.29) is 4.90 Å². The van der Waals surface area contributed by atoms with E-state index in [1.165, 1.54) is 36.5 Å². The SMILES string of the molecule is O=[N+]([O-])c1cccnc1S(=O)(=O)c1ccc(Cl)cc1. The number of rotatable bonds is 3. The number of benzene rings is 1. The van der Waals surface area contributed by atoms with Crippen LogP contribution in [0, 0.1) is 10.1 Å². The van der Waals surface area contributed by atoms with E-state index in [4.69, 9.17) is 11.6 Å². The van der Waals surface area contributed by atoms with Crippen LogP contribution >= 0.6 is 11.6 Å². The second-order valence-corrected chi connectivity index (χ2v) is 5.84. The van der Waals surface area contributed by atoms with Gasteiger partial charge in [0.05, 0.1) is 9.82 Å². The monoisotopic (exact) mass is 298 g/mol. The van der Waals surface area contributed by atoms with Crippen LogP contribution in [0.5, 0.6) is 0 Å². The molecule has 98 valence electrons. The summed E-state index contributed by atoms with van der Waals surface area (Å²) in [4.78, 5) is 13.6. The van der Waals surface area contributed by atoms with Gasteiger partial charge in [0.1, 0.15) is 0 Å². The van der Waals surface area contributed by atoms with Gasteiger partial charge in [-0.15, -0.1) is 0 Å². The van der Waals surface area contributed by atoms with Crippen molar-refractivity contribution in [3.05, 3.63) is 57.7 Å². The summed E-state index contributed by atoms with van der Waals surface area (Å²) >= 11 is 5.67. The summed E-state index contributed by atoms with van der Waals surface area (Å²) < 4.78 is 24.5. The third-order valence-corrected chi connectivity index (χ3v) is 4.29. The maximum atomic E-state index is 12.3. The van der Waals surface area contributed by atoms with Crippen molar-refractivity contribution in [2.75, 3.05) is 0 Å². The second kappa shape index (κ2) is 4.94. The number of halogens is 1. The van der Waals surface area contributed by atoms with Gasteiger partial charge in [-0.2, -0.15) is 0 Å². The van der Waals surface area contributed by atoms with E-state index < -0.39 is 25.5 Å². The highest BCUT2D eigenvalue weighted by Crippen LogP contribution is 2.27. The fourth-order valence-corrected chi connectivity index (χ4v) is 2.91. The number of hydrogen-bond acceptors (Lipinski definition) is 5. The molecule has 0 radical (unpaired) electrons. The average Bonchev–Trinajstić information content (AvgIpc) is 2.39. The summed E-state index contributed by atoms with van der Waals surface area (Å²) in [5.41, 5.74) is -0.558. The van der Waals surface area contributed by atoms with Crippen LogP contribution < -0.4 is 0 Å². The molecule has 2 aromatic rings. The molecule has 0 saturated heterocycles. The zero-order valence-electron chi connectivity index (χ0n) is 9.36. The summed E-state index contributed by atoms with van der Waals surface area (Å²) in [6.07, 6.45) is 1.19. The summed E-state index contributed by atoms with van der Waals surface area (Å²) in [6, 6.07) is 7.73. The Bertz CT molecular complexity index is 729. The van der Waals surface area contributed by atoms with Crippen molar-refractivity contribution in [1.29, 1.82) is 0 Å². The Morgan fingerprint density at radius 1 is 1.16 bits per heavy atom. The van der Waals surface area contributed by atoms with E-state index in [2.05, 4.69) is 4.98 Å². The number of pyridine rings is 1. The number of sulfone groups is 1. The first-order valence-corrected chi connectivity index (χ1v) is 6.89. The van der Waals surface area contributed by atoms with Gasteiger partial charge in [-0.25, -0.2) is 13.4 Å². The lowest BCUT2D eigenvalue weighted by Gasteiger charge is -2.04. The van der Waals surface area contributed by atoms with Crippen LogP contribution in [0.4, 0.5) is 5.69 Å². The predicted octanol–water partition coefficient (Wildman–Crippen LogP) is 2.48. The van der Waals surface area contributed by atoms with E-state index in [9.17, 15) is 18.5 Å². The quantitative estimate of drug-likeness (QED) is 0.641. The number of nitro groups is 1. The molecule has 0 aliphatic rings. The van der Waals surface area contributed by atoms with Crippen molar-refractivity contribution in [2.24, 2.45) is 0 Å². The third-order valence-electron chi connectivity index (χ3n) is 2.33. The lowest BCUT2D eigenvalue weighted by atomic mass is 10.4. The van der Waals surface area contributed by atoms with E-state index in [1.54, 1.807) is 0 Å². The Labute approximate surface area is 113 Å². The van der Waals surface area contributed by atoms with Crippen LogP contribution in [0.3, 0.4) is 0 Å². The first kappa shape index (κ1) is 13.4. The molecular formula is C11H7ClN2O4S. The van der Waals surface area contributed by atoms with E-state index in [0.717, 1.165) is 6.07 Å². The van der Waals surface area contributed by atoms with Gasteiger partial charge >= 0.3 is 5.69 Å². The normalized spacial score (nSPS) is 11.2. The summed E-state index contributed by atoms with van der Waals surface area (Å²) in [6.45, 7) is 0. The standard InChI is InChI=1S/C11H7ClN2O4S/c12-8-3-5-9(6-4-8)19(17,18)11-10(14(15)16)2-1-7-13-11/h1-7H. The van der Waals surface area contributed by atoms with Crippen molar-refractivity contribution in [1.82, 2.24) is 4.98 Å². The molecule has 2 rings (SSSR count). The zero-order valence-corrected chi connectivity index (χ0v) is 10.9. The molecule has 0 unspecified atom stereocenters. The Balaban J connectivity index is 2.63. The highest BCUT2D eigenvalue weighted by molar-refractivity contribution is 7.91. The van der Waals surface area contributed by atoms with Crippen LogP contribution in [-0.4, -0.2) is 18.3 Å². The number of hydrogen-bond donors (Lipinski definition) is 0. The van der Waals surface area contributed by atoms with Gasteiger partial charge in [-0.05, 0) is 30.3 Å². The Hall–Kier alpha value is -1.99. The molecule has 0 N–H and O–H groups in total. The highest BCUT2D eigenvalue weighted by atomic mass is 35.5. The molecule has 0 atom stereocenters. The molecule has 0 spiro atoms. The molecule has 0 saturated carbocycles. The molecular weight excluding hydrogens is 292 g/mol. The van der Waals surface area contributed by atoms with Crippen LogP contribution in [0.1, 0.15) is 0 Å². The van der Waals surface area contributed by atoms with Crippen molar-refractivity contribution in [2.45, 2.75) is 9.92 Å². The summed E-state index contributed by atoms with van der Waals surface area (Å²) in [5, 5.41) is 10.6. The lowest BCUT2D eigenvalue weighted by molar-refractivity contribution is -0.388. The van der Waals surface area contributed by atoms with Crippen LogP contribution in [0.25, 0.3) is 0 Å². The minimum Gasteiger partial charge on any atom is -0.258 e. The average molecular weight is 299 g/mol. The molecule has 19 heavy (non-hydrogen) atoms. The van der Waals surface area contributed by atoms with Crippen molar-refractivity contribution >= 4 is 27.1 Å². The van der Waals surface area contributed by atoms with E-state index in [0.29, 0.717) is 5.02 Å². The van der Waals surface area contributed by atoms with Crippen molar-refractivity contribution in [3.63, 3.8) is 0 Å². The molecule has 8 heteroatoms. The van der Waals surface area contributed by atoms with Gasteiger partial charge in [0.2, 0.25) is 14.9 Å². The summed E-state index contributed by atoms with van der Waals surface area (Å²) in [5.74, 6) is 0. The smallest absolute Gasteiger partial charge is 0.258 e. The largest absolute Gasteiger partial charge is 0.306 e. The van der Waals surface area contributed by atoms with Crippen molar-refractivity contribution in [3.8, 4) is 0 Å². The van der Waals surface area contributed by atoms with Gasteiger partial charge in [0.25, 0.3) is 0 Å². The maximum absolute atomic E-state index is 12.3. The van der Waals surface area contributed by atoms with Crippen LogP contribution in [-0.2, 0) is 9.84 Å². The fourth-order valence-electron chi connectivity index (χ4n) is 1.45. The van der Waals surface area contributed by atoms with Gasteiger partial charge in [-0.1, -0.05) is 11.6 Å². The lowest BCUT2D eigenvalue weighted by Crippen LogP contribution is -2.07. The number of aromatic nitrogens is 1. The topological polar surface area (TPSA) is 90.2 Å². The van der Waals surface area contributed by atoms with E-state index in [1.807, 2.05) is 0 Å². The fraction of sp³-hybridized carbons (Fsp3) is 0.